The molecule has 1 atom stereocenters. The van der Waals surface area contributed by atoms with Gasteiger partial charge in [-0.2, -0.15) is 0 Å². The van der Waals surface area contributed by atoms with Crippen molar-refractivity contribution >= 4 is 23.2 Å². The van der Waals surface area contributed by atoms with Crippen LogP contribution in [0.2, 0.25) is 0 Å². The molecule has 0 bridgehead atoms. The Morgan fingerprint density at radius 3 is 2.60 bits per heavy atom. The van der Waals surface area contributed by atoms with Crippen LogP contribution in [0.5, 0.6) is 0 Å². The smallest absolute Gasteiger partial charge is 0.326 e. The molecule has 0 saturated carbocycles. The maximum Gasteiger partial charge on any atom is 0.326 e. The summed E-state index contributed by atoms with van der Waals surface area (Å²) in [6, 6.07) is 13.0. The van der Waals surface area contributed by atoms with E-state index in [0.29, 0.717) is 4.88 Å². The molecule has 0 aliphatic carbocycles. The number of nitrogens with one attached hydrogen (secondary N) is 1. The number of esters is 1. The second-order valence-corrected chi connectivity index (χ2v) is 5.15. The SMILES string of the molecule is C[C@H](OC(=O)CNC(=O)c1cccs1)c1ccccc1. The van der Waals surface area contributed by atoms with Gasteiger partial charge in [-0.15, -0.1) is 11.3 Å². The lowest BCUT2D eigenvalue weighted by Crippen LogP contribution is -2.30. The summed E-state index contributed by atoms with van der Waals surface area (Å²) in [7, 11) is 0. The minimum absolute atomic E-state index is 0.131. The zero-order valence-electron chi connectivity index (χ0n) is 11.0. The third-order valence-electron chi connectivity index (χ3n) is 2.72. The van der Waals surface area contributed by atoms with Crippen LogP contribution in [0.3, 0.4) is 0 Å². The highest BCUT2D eigenvalue weighted by Crippen LogP contribution is 2.15. The molecule has 0 aliphatic rings. The summed E-state index contributed by atoms with van der Waals surface area (Å²) in [6.07, 6.45) is -0.331. The maximum absolute atomic E-state index is 11.7. The molecule has 1 N–H and O–H groups in total. The van der Waals surface area contributed by atoms with Gasteiger partial charge in [-0.25, -0.2) is 0 Å². The van der Waals surface area contributed by atoms with Gasteiger partial charge >= 0.3 is 5.97 Å². The molecule has 20 heavy (non-hydrogen) atoms. The molecule has 1 aromatic carbocycles. The fourth-order valence-electron chi connectivity index (χ4n) is 1.68. The minimum atomic E-state index is -0.453. The van der Waals surface area contributed by atoms with Crippen LogP contribution < -0.4 is 5.32 Å². The predicted octanol–water partition coefficient (Wildman–Crippen LogP) is 2.78. The van der Waals surface area contributed by atoms with E-state index in [1.165, 1.54) is 11.3 Å². The zero-order valence-corrected chi connectivity index (χ0v) is 11.9. The van der Waals surface area contributed by atoms with Gasteiger partial charge in [0.05, 0.1) is 4.88 Å². The predicted molar refractivity (Wildman–Crippen MR) is 77.6 cm³/mol. The van der Waals surface area contributed by atoms with E-state index in [-0.39, 0.29) is 18.6 Å². The van der Waals surface area contributed by atoms with E-state index in [2.05, 4.69) is 5.32 Å². The molecule has 0 radical (unpaired) electrons. The Labute approximate surface area is 121 Å². The first-order valence-corrected chi connectivity index (χ1v) is 7.11. The lowest BCUT2D eigenvalue weighted by atomic mass is 10.1. The Morgan fingerprint density at radius 2 is 1.95 bits per heavy atom. The van der Waals surface area contributed by atoms with E-state index in [9.17, 15) is 9.59 Å². The van der Waals surface area contributed by atoms with Crippen LogP contribution in [0, 0.1) is 0 Å². The summed E-state index contributed by atoms with van der Waals surface area (Å²) in [4.78, 5) is 23.9. The summed E-state index contributed by atoms with van der Waals surface area (Å²) in [5, 5.41) is 4.35. The number of amides is 1. The van der Waals surface area contributed by atoms with E-state index >= 15 is 0 Å². The highest BCUT2D eigenvalue weighted by Gasteiger charge is 2.13. The van der Waals surface area contributed by atoms with Gasteiger partial charge in [-0.1, -0.05) is 36.4 Å². The fraction of sp³-hybridized carbons (Fsp3) is 0.200. The number of thiophene rings is 1. The molecule has 5 heteroatoms. The van der Waals surface area contributed by atoms with Crippen molar-refractivity contribution < 1.29 is 14.3 Å². The number of benzene rings is 1. The molecule has 2 aromatic rings. The zero-order chi connectivity index (χ0) is 14.4. The molecule has 2 rings (SSSR count). The van der Waals surface area contributed by atoms with E-state index in [0.717, 1.165) is 5.56 Å². The van der Waals surface area contributed by atoms with Crippen molar-refractivity contribution in [3.63, 3.8) is 0 Å². The van der Waals surface area contributed by atoms with E-state index in [1.54, 1.807) is 19.1 Å². The van der Waals surface area contributed by atoms with Crippen molar-refractivity contribution in [3.05, 3.63) is 58.3 Å². The van der Waals surface area contributed by atoms with Gasteiger partial charge in [0.25, 0.3) is 5.91 Å². The van der Waals surface area contributed by atoms with Gasteiger partial charge in [0, 0.05) is 0 Å². The number of carbonyl (C=O) groups is 2. The third-order valence-corrected chi connectivity index (χ3v) is 3.58. The summed E-state index contributed by atoms with van der Waals surface area (Å²) < 4.78 is 5.25. The topological polar surface area (TPSA) is 55.4 Å². The second kappa shape index (κ2) is 6.86. The number of rotatable bonds is 5. The van der Waals surface area contributed by atoms with Crippen molar-refractivity contribution in [1.29, 1.82) is 0 Å². The van der Waals surface area contributed by atoms with Gasteiger partial charge in [0.2, 0.25) is 0 Å². The first-order valence-electron chi connectivity index (χ1n) is 6.23. The normalized spacial score (nSPS) is 11.7. The number of hydrogen-bond donors (Lipinski definition) is 1. The van der Waals surface area contributed by atoms with Gasteiger partial charge in [-0.05, 0) is 23.9 Å². The van der Waals surface area contributed by atoms with E-state index in [4.69, 9.17) is 4.74 Å². The van der Waals surface area contributed by atoms with Crippen molar-refractivity contribution in [3.8, 4) is 0 Å². The highest BCUT2D eigenvalue weighted by molar-refractivity contribution is 7.12. The molecule has 0 saturated heterocycles. The van der Waals surface area contributed by atoms with Gasteiger partial charge in [0.15, 0.2) is 0 Å². The van der Waals surface area contributed by atoms with Gasteiger partial charge < -0.3 is 10.1 Å². The molecule has 1 aromatic heterocycles. The average Bonchev–Trinajstić information content (AvgIpc) is 3.00. The Hall–Kier alpha value is -2.14. The highest BCUT2D eigenvalue weighted by atomic mass is 32.1. The molecule has 1 amide bonds. The Balaban J connectivity index is 1.80. The maximum atomic E-state index is 11.7. The third kappa shape index (κ3) is 3.93. The van der Waals surface area contributed by atoms with Crippen LogP contribution in [0.25, 0.3) is 0 Å². The van der Waals surface area contributed by atoms with Crippen molar-refractivity contribution in [2.75, 3.05) is 6.54 Å². The first-order chi connectivity index (χ1) is 9.66. The first kappa shape index (κ1) is 14.3. The molecule has 104 valence electrons. The largest absolute Gasteiger partial charge is 0.456 e. The van der Waals surface area contributed by atoms with E-state index in [1.807, 2.05) is 35.7 Å². The molecular weight excluding hydrogens is 274 g/mol. The summed E-state index contributed by atoms with van der Waals surface area (Å²) in [5.74, 6) is -0.712. The van der Waals surface area contributed by atoms with Crippen molar-refractivity contribution in [2.24, 2.45) is 0 Å². The Kier molecular flexibility index (Phi) is 4.90. The summed E-state index contributed by atoms with van der Waals surface area (Å²) in [5.41, 5.74) is 0.922. The molecule has 0 fully saturated rings. The molecule has 0 aliphatic heterocycles. The summed E-state index contributed by atoms with van der Waals surface area (Å²) in [6.45, 7) is 1.67. The number of ether oxygens (including phenoxy) is 1. The Bertz CT molecular complexity index is 566. The minimum Gasteiger partial charge on any atom is -0.456 e. The lowest BCUT2D eigenvalue weighted by Gasteiger charge is -2.13. The van der Waals surface area contributed by atoms with Crippen LogP contribution in [-0.4, -0.2) is 18.4 Å². The van der Waals surface area contributed by atoms with Crippen LogP contribution in [0.15, 0.2) is 47.8 Å². The molecule has 1 heterocycles. The second-order valence-electron chi connectivity index (χ2n) is 4.20. The number of hydrogen-bond acceptors (Lipinski definition) is 4. The molecular formula is C15H15NO3S. The summed E-state index contributed by atoms with van der Waals surface area (Å²) >= 11 is 1.33. The monoisotopic (exact) mass is 289 g/mol. The number of carbonyl (C=O) groups excluding carboxylic acids is 2. The van der Waals surface area contributed by atoms with Gasteiger partial charge in [-0.3, -0.25) is 9.59 Å². The molecule has 4 nitrogen and oxygen atoms in total. The molecule has 0 spiro atoms. The fourth-order valence-corrected chi connectivity index (χ4v) is 2.32. The van der Waals surface area contributed by atoms with Crippen LogP contribution >= 0.6 is 11.3 Å². The van der Waals surface area contributed by atoms with Crippen LogP contribution in [-0.2, 0) is 9.53 Å². The standard InChI is InChI=1S/C15H15NO3S/c1-11(12-6-3-2-4-7-12)19-14(17)10-16-15(18)13-8-5-9-20-13/h2-9,11H,10H2,1H3,(H,16,18)/t11-/m0/s1. The van der Waals surface area contributed by atoms with Crippen LogP contribution in [0.4, 0.5) is 0 Å². The van der Waals surface area contributed by atoms with E-state index < -0.39 is 5.97 Å². The van der Waals surface area contributed by atoms with Crippen LogP contribution in [0.1, 0.15) is 28.3 Å². The molecule has 0 unspecified atom stereocenters. The van der Waals surface area contributed by atoms with Crippen molar-refractivity contribution in [1.82, 2.24) is 5.32 Å². The average molecular weight is 289 g/mol. The lowest BCUT2D eigenvalue weighted by molar-refractivity contribution is -0.147. The van der Waals surface area contributed by atoms with Gasteiger partial charge in [0.1, 0.15) is 12.6 Å². The van der Waals surface area contributed by atoms with Crippen molar-refractivity contribution in [2.45, 2.75) is 13.0 Å². The Morgan fingerprint density at radius 1 is 1.20 bits per heavy atom. The quantitative estimate of drug-likeness (QED) is 0.861.